The van der Waals surface area contributed by atoms with Crippen LogP contribution < -0.4 is 10.1 Å². The lowest BCUT2D eigenvalue weighted by Gasteiger charge is -2.37. The minimum atomic E-state index is -0.229. The molecule has 2 aliphatic heterocycles. The molecule has 0 aliphatic carbocycles. The molecule has 0 radical (unpaired) electrons. The van der Waals surface area contributed by atoms with Crippen molar-refractivity contribution in [1.29, 1.82) is 0 Å². The van der Waals surface area contributed by atoms with E-state index in [1.54, 1.807) is 12.0 Å². The normalized spacial score (nSPS) is 18.4. The Morgan fingerprint density at radius 1 is 1.13 bits per heavy atom. The zero-order valence-corrected chi connectivity index (χ0v) is 21.2. The number of guanidine groups is 1. The van der Waals surface area contributed by atoms with Crippen LogP contribution >= 0.6 is 24.0 Å². The molecule has 0 spiro atoms. The minimum absolute atomic E-state index is 0. The first kappa shape index (κ1) is 25.5. The number of aliphatic imine (C=N–C) groups is 1. The highest BCUT2D eigenvalue weighted by Gasteiger charge is 2.27. The Balaban J connectivity index is 0.00000341. The second-order valence-electron chi connectivity index (χ2n) is 7.64. The summed E-state index contributed by atoms with van der Waals surface area (Å²) in [4.78, 5) is 22.9. The number of nitrogens with one attached hydrogen (secondary N) is 1. The number of methoxy groups -OCH3 is 1. The zero-order chi connectivity index (χ0) is 21.3. The van der Waals surface area contributed by atoms with Gasteiger partial charge in [-0.05, 0) is 50.6 Å². The molecule has 1 aromatic rings. The molecule has 3 rings (SSSR count). The SMILES string of the molecule is CCOC(=O)N1CCN(C(=NC)NCC(c2cccc(OC)c2)N2CCCC2)CC1.I. The average molecular weight is 545 g/mol. The maximum Gasteiger partial charge on any atom is 0.409 e. The lowest BCUT2D eigenvalue weighted by molar-refractivity contribution is 0.0913. The first-order valence-corrected chi connectivity index (χ1v) is 10.9. The molecule has 2 fully saturated rings. The highest BCUT2D eigenvalue weighted by atomic mass is 127. The quantitative estimate of drug-likeness (QED) is 0.337. The average Bonchev–Trinajstić information content (AvgIpc) is 3.32. The van der Waals surface area contributed by atoms with Crippen molar-refractivity contribution in [2.24, 2.45) is 4.99 Å². The summed E-state index contributed by atoms with van der Waals surface area (Å²) in [5, 5.41) is 3.58. The van der Waals surface area contributed by atoms with Gasteiger partial charge in [-0.2, -0.15) is 0 Å². The van der Waals surface area contributed by atoms with Crippen molar-refractivity contribution in [3.63, 3.8) is 0 Å². The Bertz CT molecular complexity index is 719. The van der Waals surface area contributed by atoms with Crippen molar-refractivity contribution >= 4 is 36.0 Å². The third-order valence-electron chi connectivity index (χ3n) is 5.83. The van der Waals surface area contributed by atoms with Gasteiger partial charge in [0.1, 0.15) is 5.75 Å². The fraction of sp³-hybridized carbons (Fsp3) is 0.636. The van der Waals surface area contributed by atoms with Gasteiger partial charge in [0.05, 0.1) is 19.8 Å². The highest BCUT2D eigenvalue weighted by molar-refractivity contribution is 14.0. The van der Waals surface area contributed by atoms with Crippen LogP contribution in [0.15, 0.2) is 29.3 Å². The Labute approximate surface area is 203 Å². The molecule has 0 saturated carbocycles. The van der Waals surface area contributed by atoms with Gasteiger partial charge in [-0.1, -0.05) is 12.1 Å². The molecule has 31 heavy (non-hydrogen) atoms. The Kier molecular flexibility index (Phi) is 10.7. The third-order valence-corrected chi connectivity index (χ3v) is 5.83. The zero-order valence-electron chi connectivity index (χ0n) is 18.9. The van der Waals surface area contributed by atoms with Gasteiger partial charge in [-0.15, -0.1) is 24.0 Å². The molecule has 2 aliphatic rings. The summed E-state index contributed by atoms with van der Waals surface area (Å²) >= 11 is 0. The summed E-state index contributed by atoms with van der Waals surface area (Å²) < 4.78 is 10.6. The smallest absolute Gasteiger partial charge is 0.409 e. The number of likely N-dealkylation sites (tertiary alicyclic amines) is 1. The molecule has 0 bridgehead atoms. The van der Waals surface area contributed by atoms with E-state index < -0.39 is 0 Å². The van der Waals surface area contributed by atoms with E-state index in [0.717, 1.165) is 44.4 Å². The number of hydrogen-bond acceptors (Lipinski definition) is 5. The van der Waals surface area contributed by atoms with E-state index in [1.165, 1.54) is 18.4 Å². The number of nitrogens with zero attached hydrogens (tertiary/aromatic N) is 4. The molecule has 174 valence electrons. The number of amides is 1. The van der Waals surface area contributed by atoms with E-state index in [1.807, 2.05) is 20.0 Å². The molecule has 1 atom stereocenters. The van der Waals surface area contributed by atoms with Gasteiger partial charge < -0.3 is 24.6 Å². The molecular formula is C22H36IN5O3. The Morgan fingerprint density at radius 3 is 2.42 bits per heavy atom. The van der Waals surface area contributed by atoms with Crippen LogP contribution in [-0.2, 0) is 4.74 Å². The Morgan fingerprint density at radius 2 is 1.81 bits per heavy atom. The number of ether oxygens (including phenoxy) is 2. The van der Waals surface area contributed by atoms with Gasteiger partial charge in [0.25, 0.3) is 0 Å². The highest BCUT2D eigenvalue weighted by Crippen LogP contribution is 2.27. The number of benzene rings is 1. The summed E-state index contributed by atoms with van der Waals surface area (Å²) in [6, 6.07) is 8.61. The minimum Gasteiger partial charge on any atom is -0.497 e. The summed E-state index contributed by atoms with van der Waals surface area (Å²) in [5.74, 6) is 1.77. The van der Waals surface area contributed by atoms with Crippen molar-refractivity contribution in [2.45, 2.75) is 25.8 Å². The molecule has 0 aromatic heterocycles. The van der Waals surface area contributed by atoms with Gasteiger partial charge >= 0.3 is 6.09 Å². The van der Waals surface area contributed by atoms with Crippen LogP contribution in [-0.4, -0.2) is 93.3 Å². The first-order valence-electron chi connectivity index (χ1n) is 10.9. The number of hydrogen-bond donors (Lipinski definition) is 1. The standard InChI is InChI=1S/C22H35N5O3.HI/c1-4-30-22(28)27-14-12-26(13-15-27)21(23-2)24-17-20(25-10-5-6-11-25)18-8-7-9-19(16-18)29-3;/h7-9,16,20H,4-6,10-15,17H2,1-3H3,(H,23,24);1H. The predicted octanol–water partition coefficient (Wildman–Crippen LogP) is 2.80. The van der Waals surface area contributed by atoms with Crippen molar-refractivity contribution < 1.29 is 14.3 Å². The van der Waals surface area contributed by atoms with Gasteiger partial charge in [0.15, 0.2) is 5.96 Å². The molecule has 9 heteroatoms. The van der Waals surface area contributed by atoms with Crippen LogP contribution in [0.5, 0.6) is 5.75 Å². The van der Waals surface area contributed by atoms with E-state index in [9.17, 15) is 4.79 Å². The number of carbonyl (C=O) groups is 1. The van der Waals surface area contributed by atoms with Crippen molar-refractivity contribution in [2.75, 3.05) is 66.6 Å². The van der Waals surface area contributed by atoms with Crippen molar-refractivity contribution in [3.05, 3.63) is 29.8 Å². The fourth-order valence-corrected chi connectivity index (χ4v) is 4.20. The Hall–Kier alpha value is -1.75. The van der Waals surface area contributed by atoms with E-state index in [2.05, 4.69) is 38.3 Å². The number of carbonyl (C=O) groups excluding carboxylic acids is 1. The summed E-state index contributed by atoms with van der Waals surface area (Å²) in [6.07, 6.45) is 2.25. The van der Waals surface area contributed by atoms with Crippen LogP contribution in [0, 0.1) is 0 Å². The van der Waals surface area contributed by atoms with Gasteiger partial charge in [-0.25, -0.2) is 4.79 Å². The second kappa shape index (κ2) is 12.9. The molecular weight excluding hydrogens is 509 g/mol. The lowest BCUT2D eigenvalue weighted by Crippen LogP contribution is -2.54. The lowest BCUT2D eigenvalue weighted by atomic mass is 10.1. The van der Waals surface area contributed by atoms with Crippen LogP contribution in [0.1, 0.15) is 31.4 Å². The summed E-state index contributed by atoms with van der Waals surface area (Å²) in [7, 11) is 3.52. The summed E-state index contributed by atoms with van der Waals surface area (Å²) in [5.41, 5.74) is 1.26. The van der Waals surface area contributed by atoms with Crippen molar-refractivity contribution in [3.8, 4) is 5.75 Å². The van der Waals surface area contributed by atoms with Crippen molar-refractivity contribution in [1.82, 2.24) is 20.0 Å². The number of halogens is 1. The molecule has 1 aromatic carbocycles. The molecule has 1 N–H and O–H groups in total. The maximum absolute atomic E-state index is 11.9. The van der Waals surface area contributed by atoms with E-state index >= 15 is 0 Å². The van der Waals surface area contributed by atoms with Crippen LogP contribution in [0.3, 0.4) is 0 Å². The fourth-order valence-electron chi connectivity index (χ4n) is 4.20. The number of rotatable bonds is 6. The number of piperazine rings is 1. The molecule has 1 unspecified atom stereocenters. The van der Waals surface area contributed by atoms with E-state index in [-0.39, 0.29) is 36.1 Å². The van der Waals surface area contributed by atoms with E-state index in [0.29, 0.717) is 19.7 Å². The molecule has 8 nitrogen and oxygen atoms in total. The van der Waals surface area contributed by atoms with E-state index in [4.69, 9.17) is 9.47 Å². The van der Waals surface area contributed by atoms with Crippen LogP contribution in [0.25, 0.3) is 0 Å². The summed E-state index contributed by atoms with van der Waals surface area (Å²) in [6.45, 7) is 8.01. The largest absolute Gasteiger partial charge is 0.497 e. The van der Waals surface area contributed by atoms with Gasteiger partial charge in [0.2, 0.25) is 0 Å². The second-order valence-corrected chi connectivity index (χ2v) is 7.64. The monoisotopic (exact) mass is 545 g/mol. The van der Waals surface area contributed by atoms with Gasteiger partial charge in [-0.3, -0.25) is 9.89 Å². The maximum atomic E-state index is 11.9. The van der Waals surface area contributed by atoms with Gasteiger partial charge in [0, 0.05) is 39.8 Å². The van der Waals surface area contributed by atoms with Crippen LogP contribution in [0.2, 0.25) is 0 Å². The van der Waals surface area contributed by atoms with Crippen LogP contribution in [0.4, 0.5) is 4.79 Å². The molecule has 2 saturated heterocycles. The molecule has 1 amide bonds. The molecule has 2 heterocycles. The topological polar surface area (TPSA) is 69.6 Å². The predicted molar refractivity (Wildman–Crippen MR) is 133 cm³/mol. The third kappa shape index (κ3) is 6.86. The first-order chi connectivity index (χ1) is 14.7.